The number of rotatable bonds is 27. The highest BCUT2D eigenvalue weighted by Crippen LogP contribution is 2.21. The maximum absolute atomic E-state index is 13.7. The molecule has 0 aliphatic carbocycles. The third kappa shape index (κ3) is 36.6. The van der Waals surface area contributed by atoms with E-state index in [9.17, 15) is 33.6 Å². The molecule has 3 unspecified atom stereocenters. The zero-order valence-electron chi connectivity index (χ0n) is 62.5. The van der Waals surface area contributed by atoms with E-state index in [1.807, 2.05) is 162 Å². The molecule has 2 aliphatic rings. The molecule has 1 N–H and O–H groups in total. The van der Waals surface area contributed by atoms with Gasteiger partial charge in [0.25, 0.3) is 0 Å². The maximum atomic E-state index is 13.7. The Hall–Kier alpha value is -5.99. The third-order valence-electron chi connectivity index (χ3n) is 15.4. The van der Waals surface area contributed by atoms with Gasteiger partial charge in [-0.1, -0.05) is 37.6 Å². The van der Waals surface area contributed by atoms with Crippen LogP contribution in [0.25, 0.3) is 0 Å². The molecule has 97 heavy (non-hydrogen) atoms. The van der Waals surface area contributed by atoms with Gasteiger partial charge in [-0.15, -0.1) is 0 Å². The molecule has 2 aromatic carbocycles. The summed E-state index contributed by atoms with van der Waals surface area (Å²) in [6, 6.07) is 13.8. The molecule has 2 saturated heterocycles. The molecule has 552 valence electrons. The summed E-state index contributed by atoms with van der Waals surface area (Å²) in [6.07, 6.45) is 2.24. The van der Waals surface area contributed by atoms with Crippen LogP contribution in [0.1, 0.15) is 149 Å². The van der Waals surface area contributed by atoms with Gasteiger partial charge in [0, 0.05) is 105 Å². The van der Waals surface area contributed by atoms with Crippen molar-refractivity contribution < 1.29 is 76.2 Å². The number of esters is 7. The van der Waals surface area contributed by atoms with Crippen molar-refractivity contribution in [3.8, 4) is 11.5 Å². The van der Waals surface area contributed by atoms with Gasteiger partial charge in [-0.2, -0.15) is 0 Å². The number of carbonyl (C=O) groups excluding carboxylic acids is 7. The molecule has 2 aliphatic heterocycles. The van der Waals surface area contributed by atoms with Crippen LogP contribution in [0, 0.1) is 0 Å². The zero-order valence-corrected chi connectivity index (χ0v) is 62.5. The van der Waals surface area contributed by atoms with Crippen molar-refractivity contribution in [1.82, 2.24) is 39.6 Å². The highest BCUT2D eigenvalue weighted by atomic mass is 16.6. The van der Waals surface area contributed by atoms with Crippen LogP contribution < -0.4 is 14.8 Å². The molecule has 2 aromatic rings. The molecule has 0 aromatic heterocycles. The van der Waals surface area contributed by atoms with Gasteiger partial charge in [-0.05, 0) is 172 Å². The number of hydrogen-bond donors (Lipinski definition) is 1. The van der Waals surface area contributed by atoms with Crippen LogP contribution >= 0.6 is 0 Å². The number of carbonyl (C=O) groups is 7. The Balaban J connectivity index is 0.000000514. The van der Waals surface area contributed by atoms with Crippen molar-refractivity contribution >= 4 is 41.8 Å². The van der Waals surface area contributed by atoms with Crippen LogP contribution in [0.5, 0.6) is 11.5 Å². The van der Waals surface area contributed by atoms with E-state index in [1.54, 1.807) is 20.8 Å². The van der Waals surface area contributed by atoms with Gasteiger partial charge >= 0.3 is 41.8 Å². The molecule has 3 atom stereocenters. The number of ether oxygens (including phenoxy) is 9. The first-order chi connectivity index (χ1) is 45.7. The van der Waals surface area contributed by atoms with E-state index in [0.717, 1.165) is 29.0 Å². The lowest BCUT2D eigenvalue weighted by atomic mass is 10.0. The van der Waals surface area contributed by atoms with E-state index in [-0.39, 0.29) is 87.8 Å². The van der Waals surface area contributed by atoms with Gasteiger partial charge in [0.1, 0.15) is 52.0 Å². The largest absolute Gasteiger partial charge is 0.494 e. The van der Waals surface area contributed by atoms with Gasteiger partial charge in [0.05, 0.1) is 59.2 Å². The molecule has 0 radical (unpaired) electrons. The number of nitrogens with zero attached hydrogens (tertiary/aromatic N) is 7. The van der Waals surface area contributed by atoms with Crippen LogP contribution in [0.4, 0.5) is 0 Å². The van der Waals surface area contributed by atoms with Crippen molar-refractivity contribution in [3.05, 3.63) is 59.7 Å². The summed E-state index contributed by atoms with van der Waals surface area (Å²) in [4.78, 5) is 107. The summed E-state index contributed by atoms with van der Waals surface area (Å²) in [5, 5.41) is 3.44. The summed E-state index contributed by atoms with van der Waals surface area (Å²) in [5.41, 5.74) is -0.510. The summed E-state index contributed by atoms with van der Waals surface area (Å²) in [5.74, 6) is -0.649. The van der Waals surface area contributed by atoms with Gasteiger partial charge in [0.15, 0.2) is 0 Å². The average Bonchev–Trinajstić information content (AvgIpc) is 0.857. The third-order valence-corrected chi connectivity index (χ3v) is 15.4. The molecule has 0 amide bonds. The van der Waals surface area contributed by atoms with E-state index in [0.29, 0.717) is 137 Å². The van der Waals surface area contributed by atoms with Crippen molar-refractivity contribution in [2.45, 2.75) is 191 Å². The van der Waals surface area contributed by atoms with Crippen LogP contribution in [-0.2, 0) is 79.6 Å². The molecular weight excluding hydrogens is 1240 g/mol. The Bertz CT molecular complexity index is 2550. The molecule has 24 heteroatoms. The molecule has 2 heterocycles. The molecule has 0 saturated carbocycles. The van der Waals surface area contributed by atoms with E-state index >= 15 is 0 Å². The second-order valence-corrected chi connectivity index (χ2v) is 28.5. The van der Waals surface area contributed by atoms with Crippen molar-refractivity contribution in [3.63, 3.8) is 0 Å². The smallest absolute Gasteiger partial charge is 0.323 e. The quantitative estimate of drug-likeness (QED) is 0.0703. The van der Waals surface area contributed by atoms with Crippen molar-refractivity contribution in [2.75, 3.05) is 164 Å². The topological polar surface area (TPSA) is 237 Å². The number of benzene rings is 2. The Morgan fingerprint density at radius 1 is 0.361 bits per heavy atom. The van der Waals surface area contributed by atoms with Crippen LogP contribution in [-0.4, -0.2) is 281 Å². The van der Waals surface area contributed by atoms with Crippen LogP contribution in [0.15, 0.2) is 48.5 Å². The second kappa shape index (κ2) is 43.5. The van der Waals surface area contributed by atoms with Gasteiger partial charge in [0.2, 0.25) is 0 Å². The highest BCUT2D eigenvalue weighted by Gasteiger charge is 2.35. The monoisotopic (exact) mass is 1370 g/mol. The predicted octanol–water partition coefficient (Wildman–Crippen LogP) is 6.95. The van der Waals surface area contributed by atoms with E-state index in [4.69, 9.17) is 42.6 Å². The number of nitrogens with one attached hydrogen (secondary N) is 1. The maximum Gasteiger partial charge on any atom is 0.323 e. The normalized spacial score (nSPS) is 17.5. The Morgan fingerprint density at radius 2 is 0.619 bits per heavy atom. The lowest BCUT2D eigenvalue weighted by Gasteiger charge is -2.38. The minimum Gasteiger partial charge on any atom is -0.494 e. The lowest BCUT2D eigenvalue weighted by Crippen LogP contribution is -2.54. The molecule has 2 fully saturated rings. The molecule has 4 rings (SSSR count). The van der Waals surface area contributed by atoms with Gasteiger partial charge < -0.3 is 47.9 Å². The SMILES string of the molecule is CCCC(C(=O)OCC)N1CCN(CC(=O)OC(C)(C)C)CCN(C(Cc2ccc(OCC)cc2)C(=O)OCC)CCN(CC(=O)OC(C)(C)C)CC1.CCOC(=O)C(Cc1ccc(OCC)cc1)N1CCN(CC(=O)OC(C)(C)C)CCNCCN(CC(=O)OC(C)(C)C)CC1. The Morgan fingerprint density at radius 3 is 0.866 bits per heavy atom. The summed E-state index contributed by atoms with van der Waals surface area (Å²) in [7, 11) is 0. The van der Waals surface area contributed by atoms with Gasteiger partial charge in [-0.25, -0.2) is 0 Å². The summed E-state index contributed by atoms with van der Waals surface area (Å²) in [6.45, 7) is 44.1. The highest BCUT2D eigenvalue weighted by molar-refractivity contribution is 5.78. The second-order valence-electron chi connectivity index (χ2n) is 28.5. The first-order valence-electron chi connectivity index (χ1n) is 35.3. The fourth-order valence-corrected chi connectivity index (χ4v) is 11.2. The average molecular weight is 1370 g/mol. The standard InChI is InChI=1S/C40H68N4O9.C33H56N4O7/c1-11-15-33(37(47)50-13-3)43-24-20-41(29-35(45)52-39(5,6)7)22-26-44(27-23-42(21-25-43)30-36(46)53-40(8,9)10)34(38(48)51-14-4)28-31-16-18-32(19-17-31)49-12-2;1-9-41-27-13-11-26(12-14-27)23-28(31(40)42-10-2)37-21-19-35(24-29(38)43-32(3,4)5)17-15-34-16-18-36(20-22-37)25-30(39)44-33(6,7)8/h16-19,33-34H,11-15,20-30H2,1-10H3;11-14,28,34H,9-10,15-25H2,1-8H3. The molecule has 24 nitrogen and oxygen atoms in total. The molecular formula is C73H124N8O16. The van der Waals surface area contributed by atoms with Crippen molar-refractivity contribution in [1.29, 1.82) is 0 Å². The minimum absolute atomic E-state index is 0.0462. The Labute approximate surface area is 581 Å². The Kier molecular flexibility index (Phi) is 38.2. The van der Waals surface area contributed by atoms with Crippen LogP contribution in [0.2, 0.25) is 0 Å². The first kappa shape index (κ1) is 85.2. The minimum atomic E-state index is -0.651. The summed E-state index contributed by atoms with van der Waals surface area (Å²) >= 11 is 0. The predicted molar refractivity (Wildman–Crippen MR) is 376 cm³/mol. The summed E-state index contributed by atoms with van der Waals surface area (Å²) < 4.78 is 50.6. The van der Waals surface area contributed by atoms with Crippen LogP contribution in [0.3, 0.4) is 0 Å². The lowest BCUT2D eigenvalue weighted by molar-refractivity contribution is -0.158. The van der Waals surface area contributed by atoms with E-state index in [2.05, 4.69) is 29.8 Å². The fraction of sp³-hybridized carbons (Fsp3) is 0.740. The molecule has 0 bridgehead atoms. The first-order valence-corrected chi connectivity index (χ1v) is 35.3. The zero-order chi connectivity index (χ0) is 72.4. The van der Waals surface area contributed by atoms with Crippen molar-refractivity contribution in [2.24, 2.45) is 0 Å². The fourth-order valence-electron chi connectivity index (χ4n) is 11.2. The van der Waals surface area contributed by atoms with E-state index in [1.165, 1.54) is 0 Å². The van der Waals surface area contributed by atoms with E-state index < -0.39 is 40.5 Å². The molecule has 0 spiro atoms. The van der Waals surface area contributed by atoms with Gasteiger partial charge in [-0.3, -0.25) is 67.9 Å². The number of hydrogen-bond acceptors (Lipinski definition) is 24.